The number of aliphatic hydroxyl groups is 1. The van der Waals surface area contributed by atoms with Gasteiger partial charge < -0.3 is 15.3 Å². The standard InChI is InChI=1S/C16H24F2N2O2/c1-16(2,3)14(10-21)20(4)6-5-15(22)19-13-8-11(17)7-12(18)9-13/h7-9,14,21H,5-6,10H2,1-4H3,(H,19,22). The van der Waals surface area contributed by atoms with E-state index in [0.717, 1.165) is 18.2 Å². The molecule has 0 aliphatic rings. The van der Waals surface area contributed by atoms with E-state index < -0.39 is 11.6 Å². The van der Waals surface area contributed by atoms with Gasteiger partial charge in [0.25, 0.3) is 0 Å². The highest BCUT2D eigenvalue weighted by Gasteiger charge is 2.27. The van der Waals surface area contributed by atoms with Crippen LogP contribution < -0.4 is 5.32 Å². The van der Waals surface area contributed by atoms with Gasteiger partial charge in [-0.15, -0.1) is 0 Å². The van der Waals surface area contributed by atoms with Crippen LogP contribution in [0.4, 0.5) is 14.5 Å². The molecule has 124 valence electrons. The number of likely N-dealkylation sites (N-methyl/N-ethyl adjacent to an activating group) is 1. The van der Waals surface area contributed by atoms with Gasteiger partial charge in [-0.2, -0.15) is 0 Å². The van der Waals surface area contributed by atoms with Crippen molar-refractivity contribution in [3.8, 4) is 0 Å². The number of aliphatic hydroxyl groups excluding tert-OH is 1. The smallest absolute Gasteiger partial charge is 0.225 e. The van der Waals surface area contributed by atoms with Crippen molar-refractivity contribution in [2.45, 2.75) is 33.2 Å². The van der Waals surface area contributed by atoms with Gasteiger partial charge >= 0.3 is 0 Å². The summed E-state index contributed by atoms with van der Waals surface area (Å²) in [5.41, 5.74) is -0.0225. The summed E-state index contributed by atoms with van der Waals surface area (Å²) in [4.78, 5) is 13.8. The number of halogens is 2. The summed E-state index contributed by atoms with van der Waals surface area (Å²) in [5.74, 6) is -1.80. The third-order valence-corrected chi connectivity index (χ3v) is 3.54. The van der Waals surface area contributed by atoms with Gasteiger partial charge in [-0.3, -0.25) is 4.79 Å². The molecule has 1 amide bonds. The minimum absolute atomic E-state index is 0.00325. The number of nitrogens with one attached hydrogen (secondary N) is 1. The van der Waals surface area contributed by atoms with Crippen LogP contribution in [0.15, 0.2) is 18.2 Å². The molecule has 0 aromatic heterocycles. The molecule has 0 heterocycles. The van der Waals surface area contributed by atoms with Gasteiger partial charge in [0.05, 0.1) is 6.61 Å². The van der Waals surface area contributed by atoms with Crippen LogP contribution >= 0.6 is 0 Å². The Hall–Kier alpha value is -1.53. The summed E-state index contributed by atoms with van der Waals surface area (Å²) in [6, 6.07) is 2.80. The summed E-state index contributed by atoms with van der Waals surface area (Å²) in [6.45, 7) is 6.47. The van der Waals surface area contributed by atoms with Crippen LogP contribution in [0.1, 0.15) is 27.2 Å². The Labute approximate surface area is 130 Å². The van der Waals surface area contributed by atoms with Crippen LogP contribution in [0.3, 0.4) is 0 Å². The van der Waals surface area contributed by atoms with Crippen molar-refractivity contribution in [2.24, 2.45) is 5.41 Å². The van der Waals surface area contributed by atoms with Crippen molar-refractivity contribution >= 4 is 11.6 Å². The number of nitrogens with zero attached hydrogens (tertiary/aromatic N) is 1. The summed E-state index contributed by atoms with van der Waals surface area (Å²) in [6.07, 6.45) is 0.168. The van der Waals surface area contributed by atoms with Gasteiger partial charge in [0.15, 0.2) is 0 Å². The molecule has 0 spiro atoms. The van der Waals surface area contributed by atoms with Crippen molar-refractivity contribution in [1.82, 2.24) is 4.90 Å². The van der Waals surface area contributed by atoms with E-state index in [-0.39, 0.29) is 36.1 Å². The number of rotatable bonds is 6. The van der Waals surface area contributed by atoms with Crippen LogP contribution in [-0.2, 0) is 4.79 Å². The van der Waals surface area contributed by atoms with E-state index in [4.69, 9.17) is 0 Å². The fourth-order valence-electron chi connectivity index (χ4n) is 2.36. The number of hydrogen-bond acceptors (Lipinski definition) is 3. The van der Waals surface area contributed by atoms with Crippen molar-refractivity contribution < 1.29 is 18.7 Å². The van der Waals surface area contributed by atoms with Gasteiger partial charge in [-0.1, -0.05) is 20.8 Å². The van der Waals surface area contributed by atoms with Crippen LogP contribution in [0.25, 0.3) is 0 Å². The predicted octanol–water partition coefficient (Wildman–Crippen LogP) is 2.63. The molecule has 1 rings (SSSR count). The molecule has 1 aromatic rings. The maximum absolute atomic E-state index is 13.0. The van der Waals surface area contributed by atoms with E-state index in [1.165, 1.54) is 0 Å². The maximum Gasteiger partial charge on any atom is 0.225 e. The molecule has 0 radical (unpaired) electrons. The summed E-state index contributed by atoms with van der Waals surface area (Å²) in [7, 11) is 1.83. The summed E-state index contributed by atoms with van der Waals surface area (Å²) in [5, 5.41) is 11.9. The normalized spacial score (nSPS) is 13.3. The highest BCUT2D eigenvalue weighted by atomic mass is 19.1. The first kappa shape index (κ1) is 18.5. The van der Waals surface area contributed by atoms with E-state index in [2.05, 4.69) is 5.32 Å². The molecule has 1 atom stereocenters. The number of hydrogen-bond donors (Lipinski definition) is 2. The Bertz CT molecular complexity index is 495. The van der Waals surface area contributed by atoms with Gasteiger partial charge in [-0.25, -0.2) is 8.78 Å². The third-order valence-electron chi connectivity index (χ3n) is 3.54. The molecule has 0 aliphatic heterocycles. The van der Waals surface area contributed by atoms with Crippen LogP contribution in [0.2, 0.25) is 0 Å². The molecule has 0 aliphatic carbocycles. The second-order valence-electron chi connectivity index (χ2n) is 6.50. The number of benzene rings is 1. The molecule has 6 heteroatoms. The molecule has 0 saturated heterocycles. The monoisotopic (exact) mass is 314 g/mol. The number of carbonyl (C=O) groups is 1. The second kappa shape index (κ2) is 7.65. The van der Waals surface area contributed by atoms with Gasteiger partial charge in [-0.05, 0) is 24.6 Å². The molecule has 0 saturated carbocycles. The van der Waals surface area contributed by atoms with E-state index in [1.807, 2.05) is 32.7 Å². The molecule has 1 aromatic carbocycles. The molecule has 2 N–H and O–H groups in total. The second-order valence-corrected chi connectivity index (χ2v) is 6.50. The lowest BCUT2D eigenvalue weighted by atomic mass is 9.86. The summed E-state index contributed by atoms with van der Waals surface area (Å²) < 4.78 is 26.1. The Morgan fingerprint density at radius 3 is 2.27 bits per heavy atom. The molecule has 1 unspecified atom stereocenters. The average molecular weight is 314 g/mol. The summed E-state index contributed by atoms with van der Waals surface area (Å²) >= 11 is 0. The van der Waals surface area contributed by atoms with Gasteiger partial charge in [0, 0.05) is 30.8 Å². The zero-order valence-corrected chi connectivity index (χ0v) is 13.5. The van der Waals surface area contributed by atoms with Crippen LogP contribution in [0, 0.1) is 17.0 Å². The number of anilines is 1. The fraction of sp³-hybridized carbons (Fsp3) is 0.562. The molecule has 0 fully saturated rings. The minimum Gasteiger partial charge on any atom is -0.395 e. The van der Waals surface area contributed by atoms with E-state index in [9.17, 15) is 18.7 Å². The van der Waals surface area contributed by atoms with Crippen LogP contribution in [0.5, 0.6) is 0 Å². The molecule has 0 bridgehead atoms. The Morgan fingerprint density at radius 1 is 1.27 bits per heavy atom. The fourth-order valence-corrected chi connectivity index (χ4v) is 2.36. The first-order chi connectivity index (χ1) is 10.1. The topological polar surface area (TPSA) is 52.6 Å². The third kappa shape index (κ3) is 5.69. The maximum atomic E-state index is 13.0. The van der Waals surface area contributed by atoms with Crippen molar-refractivity contribution in [1.29, 1.82) is 0 Å². The zero-order chi connectivity index (χ0) is 16.9. The quantitative estimate of drug-likeness (QED) is 0.849. The van der Waals surface area contributed by atoms with Crippen molar-refractivity contribution in [3.63, 3.8) is 0 Å². The molecule has 22 heavy (non-hydrogen) atoms. The average Bonchev–Trinajstić information content (AvgIpc) is 2.34. The van der Waals surface area contributed by atoms with E-state index in [0.29, 0.717) is 6.54 Å². The number of amides is 1. The first-order valence-corrected chi connectivity index (χ1v) is 7.20. The van der Waals surface area contributed by atoms with Crippen molar-refractivity contribution in [2.75, 3.05) is 25.5 Å². The van der Waals surface area contributed by atoms with Gasteiger partial charge in [0.1, 0.15) is 11.6 Å². The molecular formula is C16H24F2N2O2. The first-order valence-electron chi connectivity index (χ1n) is 7.20. The van der Waals surface area contributed by atoms with Crippen LogP contribution in [-0.4, -0.2) is 42.2 Å². The predicted molar refractivity (Wildman–Crippen MR) is 82.6 cm³/mol. The van der Waals surface area contributed by atoms with Gasteiger partial charge in [0.2, 0.25) is 5.91 Å². The largest absolute Gasteiger partial charge is 0.395 e. The zero-order valence-electron chi connectivity index (χ0n) is 13.5. The minimum atomic E-state index is -0.736. The van der Waals surface area contributed by atoms with E-state index in [1.54, 1.807) is 0 Å². The number of carbonyl (C=O) groups excluding carboxylic acids is 1. The lowest BCUT2D eigenvalue weighted by molar-refractivity contribution is -0.116. The highest BCUT2D eigenvalue weighted by molar-refractivity contribution is 5.90. The Kier molecular flexibility index (Phi) is 6.44. The lowest BCUT2D eigenvalue weighted by Gasteiger charge is -2.36. The lowest BCUT2D eigenvalue weighted by Crippen LogP contribution is -2.45. The van der Waals surface area contributed by atoms with E-state index >= 15 is 0 Å². The Morgan fingerprint density at radius 2 is 1.82 bits per heavy atom. The SMILES string of the molecule is CN(CCC(=O)Nc1cc(F)cc(F)c1)C(CO)C(C)(C)C. The molecule has 4 nitrogen and oxygen atoms in total. The van der Waals surface area contributed by atoms with Crippen molar-refractivity contribution in [3.05, 3.63) is 29.8 Å². The molecular weight excluding hydrogens is 290 g/mol. The highest BCUT2D eigenvalue weighted by Crippen LogP contribution is 2.23. The Balaban J connectivity index is 2.55.